The minimum absolute atomic E-state index is 0.206. The third-order valence-electron chi connectivity index (χ3n) is 3.10. The van der Waals surface area contributed by atoms with Gasteiger partial charge in [-0.2, -0.15) is 5.06 Å². The first kappa shape index (κ1) is 16.2. The highest BCUT2D eigenvalue weighted by molar-refractivity contribution is 6.83. The first-order valence-electron chi connectivity index (χ1n) is 7.17. The third-order valence-corrected chi connectivity index (χ3v) is 4.00. The Bertz CT molecular complexity index is 498. The number of hydrogen-bond acceptors (Lipinski definition) is 4. The van der Waals surface area contributed by atoms with Crippen molar-refractivity contribution in [3.8, 4) is 11.5 Å². The van der Waals surface area contributed by atoms with E-state index in [9.17, 15) is 5.21 Å². The van der Waals surface area contributed by atoms with E-state index in [1.807, 2.05) is 30.3 Å². The average molecular weight is 305 g/mol. The van der Waals surface area contributed by atoms with Gasteiger partial charge in [0.2, 0.25) is 0 Å². The summed E-state index contributed by atoms with van der Waals surface area (Å²) in [6.45, 7) is 7.71. The fourth-order valence-electron chi connectivity index (χ4n) is 2.05. The minimum Gasteiger partial charge on any atom is -0.353 e. The quantitative estimate of drug-likeness (QED) is 0.527. The Labute approximate surface area is 127 Å². The van der Waals surface area contributed by atoms with Crippen molar-refractivity contribution in [3.63, 3.8) is 0 Å². The Kier molecular flexibility index (Phi) is 5.56. The van der Waals surface area contributed by atoms with Crippen LogP contribution in [0.1, 0.15) is 5.56 Å². The summed E-state index contributed by atoms with van der Waals surface area (Å²) in [6, 6.07) is 9.49. The fraction of sp³-hybridized carbons (Fsp3) is 0.500. The van der Waals surface area contributed by atoms with Gasteiger partial charge in [0.15, 0.2) is 0 Å². The van der Waals surface area contributed by atoms with Crippen LogP contribution in [-0.2, 0) is 16.0 Å². The molecular formula is C16H23NO3Si. The van der Waals surface area contributed by atoms with Crippen LogP contribution >= 0.6 is 0 Å². The summed E-state index contributed by atoms with van der Waals surface area (Å²) in [6.07, 6.45) is -0.206. The molecule has 0 amide bonds. The van der Waals surface area contributed by atoms with E-state index < -0.39 is 8.07 Å². The lowest BCUT2D eigenvalue weighted by atomic mass is 10.1. The minimum atomic E-state index is -1.50. The molecule has 1 N–H and O–H groups in total. The number of hydroxylamine groups is 2. The third kappa shape index (κ3) is 5.27. The van der Waals surface area contributed by atoms with Crippen molar-refractivity contribution in [1.29, 1.82) is 0 Å². The predicted octanol–water partition coefficient (Wildman–Crippen LogP) is 2.50. The zero-order valence-corrected chi connectivity index (χ0v) is 13.9. The van der Waals surface area contributed by atoms with Crippen LogP contribution in [-0.4, -0.2) is 43.9 Å². The molecule has 1 aromatic rings. The zero-order chi connectivity index (χ0) is 15.3. The lowest BCUT2D eigenvalue weighted by Gasteiger charge is -2.25. The summed E-state index contributed by atoms with van der Waals surface area (Å²) in [5, 5.41) is 11.7. The molecule has 0 saturated carbocycles. The molecule has 0 aliphatic carbocycles. The SMILES string of the molecule is C[Si](C)(C)C#C[C@H]([C@H]1COCO1)N(O)Cc1ccccc1. The van der Waals surface area contributed by atoms with Crippen LogP contribution in [0.25, 0.3) is 0 Å². The molecular weight excluding hydrogens is 282 g/mol. The zero-order valence-electron chi connectivity index (χ0n) is 12.9. The summed E-state index contributed by atoms with van der Waals surface area (Å²) in [5.41, 5.74) is 4.36. The Morgan fingerprint density at radius 2 is 2.05 bits per heavy atom. The van der Waals surface area contributed by atoms with Gasteiger partial charge in [0.25, 0.3) is 0 Å². The Hall–Kier alpha value is -1.16. The van der Waals surface area contributed by atoms with Crippen LogP contribution in [0.2, 0.25) is 19.6 Å². The van der Waals surface area contributed by atoms with Crippen molar-refractivity contribution in [2.45, 2.75) is 38.3 Å². The molecule has 0 spiro atoms. The Morgan fingerprint density at radius 1 is 1.33 bits per heavy atom. The number of rotatable bonds is 4. The monoisotopic (exact) mass is 305 g/mol. The molecule has 1 aliphatic rings. The van der Waals surface area contributed by atoms with Crippen LogP contribution in [0.5, 0.6) is 0 Å². The Morgan fingerprint density at radius 3 is 2.62 bits per heavy atom. The van der Waals surface area contributed by atoms with Gasteiger partial charge in [-0.15, -0.1) is 5.54 Å². The number of ether oxygens (including phenoxy) is 2. The summed E-state index contributed by atoms with van der Waals surface area (Å²) in [4.78, 5) is 0. The molecule has 1 aromatic carbocycles. The molecule has 0 radical (unpaired) electrons. The maximum absolute atomic E-state index is 10.4. The summed E-state index contributed by atoms with van der Waals surface area (Å²) < 4.78 is 10.8. The molecule has 1 fully saturated rings. The number of nitrogens with zero attached hydrogens (tertiary/aromatic N) is 1. The van der Waals surface area contributed by atoms with E-state index in [2.05, 4.69) is 31.1 Å². The number of benzene rings is 1. The van der Waals surface area contributed by atoms with Gasteiger partial charge >= 0.3 is 0 Å². The smallest absolute Gasteiger partial charge is 0.147 e. The molecule has 1 aliphatic heterocycles. The molecule has 0 bridgehead atoms. The summed E-state index contributed by atoms with van der Waals surface area (Å²) in [5.74, 6) is 3.20. The average Bonchev–Trinajstić information content (AvgIpc) is 2.92. The van der Waals surface area contributed by atoms with E-state index in [1.54, 1.807) is 0 Å². The normalized spacial score (nSPS) is 20.1. The van der Waals surface area contributed by atoms with Crippen molar-refractivity contribution in [3.05, 3.63) is 35.9 Å². The van der Waals surface area contributed by atoms with Crippen LogP contribution in [0.3, 0.4) is 0 Å². The maximum Gasteiger partial charge on any atom is 0.147 e. The first-order valence-corrected chi connectivity index (χ1v) is 10.7. The van der Waals surface area contributed by atoms with Crippen molar-refractivity contribution in [2.75, 3.05) is 13.4 Å². The van der Waals surface area contributed by atoms with E-state index in [0.717, 1.165) is 5.56 Å². The van der Waals surface area contributed by atoms with Gasteiger partial charge in [0.05, 0.1) is 13.2 Å². The topological polar surface area (TPSA) is 41.9 Å². The van der Waals surface area contributed by atoms with Crippen molar-refractivity contribution < 1.29 is 14.7 Å². The molecule has 0 unspecified atom stereocenters. The molecule has 2 rings (SSSR count). The van der Waals surface area contributed by atoms with Crippen LogP contribution in [0, 0.1) is 11.5 Å². The van der Waals surface area contributed by atoms with E-state index in [0.29, 0.717) is 13.2 Å². The maximum atomic E-state index is 10.4. The molecule has 114 valence electrons. The standard InChI is InChI=1S/C16H23NO3Si/c1-21(2,3)10-9-15(16-12-19-13-20-16)17(18)11-14-7-5-4-6-8-14/h4-8,15-16,18H,11-13H2,1-3H3/t15-,16-/m1/s1. The van der Waals surface area contributed by atoms with Gasteiger partial charge in [-0.3, -0.25) is 0 Å². The highest BCUT2D eigenvalue weighted by Gasteiger charge is 2.30. The van der Waals surface area contributed by atoms with E-state index in [1.165, 1.54) is 5.06 Å². The first-order chi connectivity index (χ1) is 9.96. The van der Waals surface area contributed by atoms with Crippen molar-refractivity contribution in [1.82, 2.24) is 5.06 Å². The molecule has 5 heteroatoms. The summed E-state index contributed by atoms with van der Waals surface area (Å²) >= 11 is 0. The fourth-order valence-corrected chi connectivity index (χ4v) is 2.63. The lowest BCUT2D eigenvalue weighted by molar-refractivity contribution is -0.145. The molecule has 4 nitrogen and oxygen atoms in total. The van der Waals surface area contributed by atoms with E-state index >= 15 is 0 Å². The predicted molar refractivity (Wildman–Crippen MR) is 84.4 cm³/mol. The van der Waals surface area contributed by atoms with Crippen LogP contribution in [0.15, 0.2) is 30.3 Å². The highest BCUT2D eigenvalue weighted by atomic mass is 28.3. The van der Waals surface area contributed by atoms with Gasteiger partial charge in [-0.1, -0.05) is 55.9 Å². The van der Waals surface area contributed by atoms with Gasteiger partial charge in [0.1, 0.15) is 27.0 Å². The Balaban J connectivity index is 2.11. The van der Waals surface area contributed by atoms with Gasteiger partial charge in [-0.25, -0.2) is 0 Å². The second-order valence-corrected chi connectivity index (χ2v) is 11.0. The summed E-state index contributed by atoms with van der Waals surface area (Å²) in [7, 11) is -1.50. The second-order valence-electron chi connectivity index (χ2n) is 6.24. The van der Waals surface area contributed by atoms with Crippen LogP contribution < -0.4 is 0 Å². The van der Waals surface area contributed by atoms with Gasteiger partial charge in [-0.05, 0) is 5.56 Å². The van der Waals surface area contributed by atoms with E-state index in [-0.39, 0.29) is 18.9 Å². The van der Waals surface area contributed by atoms with Crippen molar-refractivity contribution in [2.24, 2.45) is 0 Å². The molecule has 0 aromatic heterocycles. The van der Waals surface area contributed by atoms with Gasteiger partial charge < -0.3 is 14.7 Å². The molecule has 1 heterocycles. The largest absolute Gasteiger partial charge is 0.353 e. The molecule has 21 heavy (non-hydrogen) atoms. The van der Waals surface area contributed by atoms with Crippen LogP contribution in [0.4, 0.5) is 0 Å². The molecule has 1 saturated heterocycles. The van der Waals surface area contributed by atoms with Gasteiger partial charge in [0, 0.05) is 0 Å². The second kappa shape index (κ2) is 7.21. The molecule has 2 atom stereocenters. The lowest BCUT2D eigenvalue weighted by Crippen LogP contribution is -2.42. The van der Waals surface area contributed by atoms with E-state index in [4.69, 9.17) is 9.47 Å². The highest BCUT2D eigenvalue weighted by Crippen LogP contribution is 2.15. The van der Waals surface area contributed by atoms with Crippen molar-refractivity contribution >= 4 is 8.07 Å². The number of hydrogen-bond donors (Lipinski definition) is 1.